The molecule has 1 amide bonds. The van der Waals surface area contributed by atoms with Crippen molar-refractivity contribution in [3.63, 3.8) is 0 Å². The molecule has 0 atom stereocenters. The van der Waals surface area contributed by atoms with E-state index in [1.165, 1.54) is 7.11 Å². The molecular weight excluding hydrogens is 298 g/mol. The number of anilines is 1. The van der Waals surface area contributed by atoms with Gasteiger partial charge in [-0.05, 0) is 24.3 Å². The molecule has 23 heavy (non-hydrogen) atoms. The van der Waals surface area contributed by atoms with Crippen LogP contribution in [0.5, 0.6) is 17.2 Å². The summed E-state index contributed by atoms with van der Waals surface area (Å²) in [6.07, 6.45) is -0.579. The summed E-state index contributed by atoms with van der Waals surface area (Å²) in [6, 6.07) is 14.4. The second-order valence-corrected chi connectivity index (χ2v) is 4.49. The number of benzene rings is 2. The topological polar surface area (TPSA) is 66.0 Å². The van der Waals surface area contributed by atoms with Crippen LogP contribution in [0.4, 0.5) is 10.5 Å². The van der Waals surface area contributed by atoms with Gasteiger partial charge in [0.2, 0.25) is 0 Å². The van der Waals surface area contributed by atoms with Crippen molar-refractivity contribution < 1.29 is 23.7 Å². The van der Waals surface area contributed by atoms with Crippen molar-refractivity contribution in [2.45, 2.75) is 0 Å². The van der Waals surface area contributed by atoms with Crippen molar-refractivity contribution in [1.29, 1.82) is 0 Å². The van der Waals surface area contributed by atoms with E-state index in [0.29, 0.717) is 17.2 Å². The molecule has 2 aromatic rings. The van der Waals surface area contributed by atoms with E-state index in [0.717, 1.165) is 5.75 Å². The molecule has 2 aromatic carbocycles. The maximum atomic E-state index is 11.8. The SMILES string of the molecule is COc1ccc(NC(=O)OCCOc2ccccc2)c(OC)c1. The third-order valence-corrected chi connectivity index (χ3v) is 2.97. The molecule has 1 N–H and O–H groups in total. The minimum absolute atomic E-state index is 0.138. The zero-order valence-electron chi connectivity index (χ0n) is 13.1. The van der Waals surface area contributed by atoms with Gasteiger partial charge in [-0.1, -0.05) is 18.2 Å². The summed E-state index contributed by atoms with van der Waals surface area (Å²) in [4.78, 5) is 11.8. The molecule has 0 saturated heterocycles. The van der Waals surface area contributed by atoms with Gasteiger partial charge in [0.05, 0.1) is 19.9 Å². The summed E-state index contributed by atoms with van der Waals surface area (Å²) in [6.45, 7) is 0.413. The molecule has 6 heteroatoms. The van der Waals surface area contributed by atoms with Gasteiger partial charge < -0.3 is 18.9 Å². The molecule has 0 aliphatic rings. The van der Waals surface area contributed by atoms with E-state index in [-0.39, 0.29) is 13.2 Å². The molecule has 0 aliphatic heterocycles. The maximum absolute atomic E-state index is 11.8. The standard InChI is InChI=1S/C17H19NO5/c1-20-14-8-9-15(16(12-14)21-2)18-17(19)23-11-10-22-13-6-4-3-5-7-13/h3-9,12H,10-11H2,1-2H3,(H,18,19). The van der Waals surface area contributed by atoms with E-state index >= 15 is 0 Å². The molecular formula is C17H19NO5. The van der Waals surface area contributed by atoms with Gasteiger partial charge in [0.15, 0.2) is 0 Å². The van der Waals surface area contributed by atoms with Gasteiger partial charge in [0, 0.05) is 6.07 Å². The van der Waals surface area contributed by atoms with Gasteiger partial charge in [-0.15, -0.1) is 0 Å². The zero-order chi connectivity index (χ0) is 16.5. The van der Waals surface area contributed by atoms with Crippen LogP contribution in [0, 0.1) is 0 Å². The predicted octanol–water partition coefficient (Wildman–Crippen LogP) is 3.33. The minimum atomic E-state index is -0.579. The highest BCUT2D eigenvalue weighted by Gasteiger charge is 2.09. The number of rotatable bonds is 7. The molecule has 0 fully saturated rings. The molecule has 0 unspecified atom stereocenters. The van der Waals surface area contributed by atoms with Crippen LogP contribution < -0.4 is 19.5 Å². The molecule has 0 bridgehead atoms. The van der Waals surface area contributed by atoms with E-state index in [1.807, 2.05) is 30.3 Å². The number of ether oxygens (including phenoxy) is 4. The highest BCUT2D eigenvalue weighted by Crippen LogP contribution is 2.29. The van der Waals surface area contributed by atoms with Crippen LogP contribution in [0.25, 0.3) is 0 Å². The van der Waals surface area contributed by atoms with Crippen molar-refractivity contribution in [2.75, 3.05) is 32.8 Å². The Morgan fingerprint density at radius 1 is 0.957 bits per heavy atom. The normalized spacial score (nSPS) is 9.83. The molecule has 0 spiro atoms. The summed E-state index contributed by atoms with van der Waals surface area (Å²) in [5.41, 5.74) is 0.502. The fourth-order valence-corrected chi connectivity index (χ4v) is 1.86. The number of nitrogens with one attached hydrogen (secondary N) is 1. The van der Waals surface area contributed by atoms with Crippen LogP contribution in [0.3, 0.4) is 0 Å². The Balaban J connectivity index is 1.78. The first-order valence-electron chi connectivity index (χ1n) is 7.06. The first kappa shape index (κ1) is 16.5. The fraction of sp³-hybridized carbons (Fsp3) is 0.235. The Hall–Kier alpha value is -2.89. The zero-order valence-corrected chi connectivity index (χ0v) is 13.1. The van der Waals surface area contributed by atoms with Crippen molar-refractivity contribution in [2.24, 2.45) is 0 Å². The maximum Gasteiger partial charge on any atom is 0.411 e. The Labute approximate surface area is 134 Å². The Bertz CT molecular complexity index is 630. The third kappa shape index (κ3) is 5.10. The van der Waals surface area contributed by atoms with Gasteiger partial charge in [-0.2, -0.15) is 0 Å². The largest absolute Gasteiger partial charge is 0.497 e. The van der Waals surface area contributed by atoms with Crippen LogP contribution in [0.2, 0.25) is 0 Å². The molecule has 0 aromatic heterocycles. The van der Waals surface area contributed by atoms with Crippen molar-refractivity contribution in [3.05, 3.63) is 48.5 Å². The smallest absolute Gasteiger partial charge is 0.411 e. The molecule has 0 radical (unpaired) electrons. The molecule has 2 rings (SSSR count). The number of hydrogen-bond donors (Lipinski definition) is 1. The Morgan fingerprint density at radius 3 is 2.43 bits per heavy atom. The first-order valence-corrected chi connectivity index (χ1v) is 7.06. The number of amides is 1. The minimum Gasteiger partial charge on any atom is -0.497 e. The molecule has 0 heterocycles. The lowest BCUT2D eigenvalue weighted by Crippen LogP contribution is -2.18. The number of para-hydroxylation sites is 1. The van der Waals surface area contributed by atoms with Crippen molar-refractivity contribution >= 4 is 11.8 Å². The van der Waals surface area contributed by atoms with Crippen molar-refractivity contribution in [1.82, 2.24) is 0 Å². The highest BCUT2D eigenvalue weighted by molar-refractivity contribution is 5.86. The second kappa shape index (κ2) is 8.53. The van der Waals surface area contributed by atoms with Crippen LogP contribution in [0.15, 0.2) is 48.5 Å². The first-order chi connectivity index (χ1) is 11.2. The number of carbonyl (C=O) groups excluding carboxylic acids is 1. The summed E-state index contributed by atoms with van der Waals surface area (Å²) >= 11 is 0. The molecule has 6 nitrogen and oxygen atoms in total. The van der Waals surface area contributed by atoms with Gasteiger partial charge in [0.1, 0.15) is 30.5 Å². The Morgan fingerprint density at radius 2 is 1.74 bits per heavy atom. The molecule has 0 saturated carbocycles. The lowest BCUT2D eigenvalue weighted by atomic mass is 10.3. The highest BCUT2D eigenvalue weighted by atomic mass is 16.6. The monoisotopic (exact) mass is 317 g/mol. The summed E-state index contributed by atoms with van der Waals surface area (Å²) < 4.78 is 20.8. The van der Waals surface area contributed by atoms with E-state index < -0.39 is 6.09 Å². The van der Waals surface area contributed by atoms with Crippen LogP contribution >= 0.6 is 0 Å². The summed E-state index contributed by atoms with van der Waals surface area (Å²) in [7, 11) is 3.07. The molecule has 0 aliphatic carbocycles. The lowest BCUT2D eigenvalue weighted by molar-refractivity contribution is 0.137. The summed E-state index contributed by atoms with van der Waals surface area (Å²) in [5.74, 6) is 1.85. The number of carbonyl (C=O) groups is 1. The average molecular weight is 317 g/mol. The fourth-order valence-electron chi connectivity index (χ4n) is 1.86. The van der Waals surface area contributed by atoms with Gasteiger partial charge in [-0.3, -0.25) is 5.32 Å². The number of methoxy groups -OCH3 is 2. The van der Waals surface area contributed by atoms with E-state index in [1.54, 1.807) is 25.3 Å². The third-order valence-electron chi connectivity index (χ3n) is 2.97. The Kier molecular flexibility index (Phi) is 6.11. The van der Waals surface area contributed by atoms with Gasteiger partial charge >= 0.3 is 6.09 Å². The quantitative estimate of drug-likeness (QED) is 0.793. The predicted molar refractivity (Wildman–Crippen MR) is 86.5 cm³/mol. The van der Waals surface area contributed by atoms with E-state index in [2.05, 4.69) is 5.32 Å². The van der Waals surface area contributed by atoms with Crippen LogP contribution in [-0.4, -0.2) is 33.5 Å². The lowest BCUT2D eigenvalue weighted by Gasteiger charge is -2.12. The van der Waals surface area contributed by atoms with Gasteiger partial charge in [0.25, 0.3) is 0 Å². The van der Waals surface area contributed by atoms with Crippen LogP contribution in [0.1, 0.15) is 0 Å². The van der Waals surface area contributed by atoms with E-state index in [9.17, 15) is 4.79 Å². The van der Waals surface area contributed by atoms with Crippen molar-refractivity contribution in [3.8, 4) is 17.2 Å². The van der Waals surface area contributed by atoms with Crippen LogP contribution in [-0.2, 0) is 4.74 Å². The second-order valence-electron chi connectivity index (χ2n) is 4.49. The van der Waals surface area contributed by atoms with Gasteiger partial charge in [-0.25, -0.2) is 4.79 Å². The van der Waals surface area contributed by atoms with E-state index in [4.69, 9.17) is 18.9 Å². The summed E-state index contributed by atoms with van der Waals surface area (Å²) in [5, 5.41) is 2.61. The molecule has 122 valence electrons. The number of hydrogen-bond acceptors (Lipinski definition) is 5. The average Bonchev–Trinajstić information content (AvgIpc) is 2.60.